The predicted molar refractivity (Wildman–Crippen MR) is 353 cm³/mol. The minimum atomic E-state index is -0.784. The molecule has 0 aliphatic carbocycles. The van der Waals surface area contributed by atoms with Crippen molar-refractivity contribution in [1.29, 1.82) is 0 Å². The lowest BCUT2D eigenvalue weighted by molar-refractivity contribution is -0.167. The van der Waals surface area contributed by atoms with Gasteiger partial charge in [-0.2, -0.15) is 0 Å². The van der Waals surface area contributed by atoms with E-state index >= 15 is 0 Å². The molecular formula is C75H128O6. The molecule has 0 N–H and O–H groups in total. The predicted octanol–water partition coefficient (Wildman–Crippen LogP) is 23.8. The molecule has 0 heterocycles. The van der Waals surface area contributed by atoms with Crippen LogP contribution >= 0.6 is 0 Å². The van der Waals surface area contributed by atoms with Crippen LogP contribution in [0.4, 0.5) is 0 Å². The molecule has 0 radical (unpaired) electrons. The Morgan fingerprint density at radius 2 is 0.481 bits per heavy atom. The first-order valence-corrected chi connectivity index (χ1v) is 34.4. The molecule has 0 amide bonds. The number of hydrogen-bond acceptors (Lipinski definition) is 6. The molecule has 0 aliphatic rings. The molecule has 0 spiro atoms. The fourth-order valence-electron chi connectivity index (χ4n) is 9.63. The van der Waals surface area contributed by atoms with Gasteiger partial charge in [0, 0.05) is 19.3 Å². The summed E-state index contributed by atoms with van der Waals surface area (Å²) in [5.41, 5.74) is 0. The Balaban J connectivity index is 4.00. The van der Waals surface area contributed by atoms with Crippen molar-refractivity contribution in [3.05, 3.63) is 109 Å². The van der Waals surface area contributed by atoms with Gasteiger partial charge >= 0.3 is 17.9 Å². The van der Waals surface area contributed by atoms with E-state index in [1.54, 1.807) is 0 Å². The van der Waals surface area contributed by atoms with Gasteiger partial charge < -0.3 is 14.2 Å². The smallest absolute Gasteiger partial charge is 0.306 e. The van der Waals surface area contributed by atoms with Crippen LogP contribution in [0, 0.1) is 0 Å². The lowest BCUT2D eigenvalue weighted by atomic mass is 10.0. The SMILES string of the molecule is CC/C=C\C/C=C\C/C=C\C/C=C\C/C=C\C/C=C\CCCCCCCCC(=O)OC(COC(=O)CCCCCCC)COC(=O)CCCCCCCCCCCCCCCCCCCC/C=C\C/C=C\C/C=C\CCCCCCC. The Morgan fingerprint density at radius 1 is 0.259 bits per heavy atom. The van der Waals surface area contributed by atoms with Crippen molar-refractivity contribution < 1.29 is 28.6 Å². The summed E-state index contributed by atoms with van der Waals surface area (Å²) < 4.78 is 16.8. The topological polar surface area (TPSA) is 78.9 Å². The van der Waals surface area contributed by atoms with Gasteiger partial charge in [-0.1, -0.05) is 310 Å². The summed E-state index contributed by atoms with van der Waals surface area (Å²) in [5, 5.41) is 0. The second-order valence-corrected chi connectivity index (χ2v) is 22.7. The molecule has 0 saturated heterocycles. The van der Waals surface area contributed by atoms with E-state index in [0.29, 0.717) is 19.3 Å². The van der Waals surface area contributed by atoms with Gasteiger partial charge in [-0.25, -0.2) is 0 Å². The quantitative estimate of drug-likeness (QED) is 0.0261. The number of ether oxygens (including phenoxy) is 3. The molecule has 0 rings (SSSR count). The van der Waals surface area contributed by atoms with Crippen molar-refractivity contribution >= 4 is 17.9 Å². The van der Waals surface area contributed by atoms with Crippen molar-refractivity contribution in [2.45, 2.75) is 335 Å². The zero-order valence-electron chi connectivity index (χ0n) is 53.3. The largest absolute Gasteiger partial charge is 0.462 e. The fraction of sp³-hybridized carbons (Fsp3) is 0.720. The summed E-state index contributed by atoms with van der Waals surface area (Å²) in [6.45, 7) is 6.44. The van der Waals surface area contributed by atoms with Gasteiger partial charge in [0.15, 0.2) is 6.10 Å². The summed E-state index contributed by atoms with van der Waals surface area (Å²) in [6, 6.07) is 0. The van der Waals surface area contributed by atoms with Gasteiger partial charge in [0.05, 0.1) is 0 Å². The Morgan fingerprint density at radius 3 is 0.753 bits per heavy atom. The van der Waals surface area contributed by atoms with E-state index in [2.05, 4.69) is 130 Å². The number of esters is 3. The maximum absolute atomic E-state index is 12.8. The maximum atomic E-state index is 12.8. The first-order valence-electron chi connectivity index (χ1n) is 34.4. The standard InChI is InChI=1S/C75H128O6/c1-4-7-10-13-15-17-19-21-23-25-27-29-31-33-34-35-36-37-38-39-40-42-43-45-47-49-51-53-55-57-59-62-65-68-74(77)80-71-72(70-79-73(76)67-64-61-12-9-6-3)81-75(78)69-66-63-60-58-56-54-52-50-48-46-44-41-32-30-28-26-24-22-20-18-16-14-11-8-5-2/h8,11,16,18-19,21-22,24-25,27-28,30-31,33,41,44,48,50,72H,4-7,9-10,12-15,17,20,23,26,29,32,34-40,42-43,45-47,49,51-71H2,1-3H3/b11-8-,18-16-,21-19-,24-22-,27-25-,30-28-,33-31-,44-41-,50-48-. The van der Waals surface area contributed by atoms with E-state index in [1.165, 1.54) is 161 Å². The zero-order valence-corrected chi connectivity index (χ0v) is 53.3. The highest BCUT2D eigenvalue weighted by molar-refractivity contribution is 5.71. The molecule has 1 unspecified atom stereocenters. The van der Waals surface area contributed by atoms with Gasteiger partial charge in [0.25, 0.3) is 0 Å². The van der Waals surface area contributed by atoms with Gasteiger partial charge in [-0.15, -0.1) is 0 Å². The third-order valence-corrected chi connectivity index (χ3v) is 14.8. The number of unbranched alkanes of at least 4 members (excludes halogenated alkanes) is 33. The van der Waals surface area contributed by atoms with E-state index < -0.39 is 6.10 Å². The summed E-state index contributed by atoms with van der Waals surface area (Å²) in [4.78, 5) is 38.0. The van der Waals surface area contributed by atoms with Gasteiger partial charge in [-0.3, -0.25) is 14.4 Å². The van der Waals surface area contributed by atoms with E-state index in [9.17, 15) is 14.4 Å². The first kappa shape index (κ1) is 77.1. The molecule has 0 saturated carbocycles. The summed E-state index contributed by atoms with van der Waals surface area (Å²) >= 11 is 0. The minimum absolute atomic E-state index is 0.0827. The van der Waals surface area contributed by atoms with Crippen LogP contribution in [-0.2, 0) is 28.6 Å². The number of carbonyl (C=O) groups is 3. The van der Waals surface area contributed by atoms with Gasteiger partial charge in [0.1, 0.15) is 13.2 Å². The molecule has 464 valence electrons. The van der Waals surface area contributed by atoms with Crippen LogP contribution in [0.5, 0.6) is 0 Å². The van der Waals surface area contributed by atoms with Crippen LogP contribution in [0.25, 0.3) is 0 Å². The molecular weight excluding hydrogens is 997 g/mol. The minimum Gasteiger partial charge on any atom is -0.462 e. The average molecular weight is 1130 g/mol. The maximum Gasteiger partial charge on any atom is 0.306 e. The molecule has 6 nitrogen and oxygen atoms in total. The second kappa shape index (κ2) is 68.6. The van der Waals surface area contributed by atoms with E-state index in [-0.39, 0.29) is 31.1 Å². The number of rotatable bonds is 62. The van der Waals surface area contributed by atoms with Crippen molar-refractivity contribution in [3.8, 4) is 0 Å². The monoisotopic (exact) mass is 1120 g/mol. The average Bonchev–Trinajstić information content (AvgIpc) is 3.47. The summed E-state index contributed by atoms with van der Waals surface area (Å²) in [5.74, 6) is -0.903. The Hall–Kier alpha value is -3.93. The van der Waals surface area contributed by atoms with Crippen molar-refractivity contribution in [3.63, 3.8) is 0 Å². The lowest BCUT2D eigenvalue weighted by Crippen LogP contribution is -2.30. The molecule has 81 heavy (non-hydrogen) atoms. The van der Waals surface area contributed by atoms with Crippen molar-refractivity contribution in [2.24, 2.45) is 0 Å². The number of allylic oxidation sites excluding steroid dienone is 18. The van der Waals surface area contributed by atoms with E-state index in [1.807, 2.05) is 0 Å². The molecule has 0 aromatic carbocycles. The van der Waals surface area contributed by atoms with Gasteiger partial charge in [-0.05, 0) is 109 Å². The Labute approximate surface area is 501 Å². The highest BCUT2D eigenvalue weighted by Crippen LogP contribution is 2.17. The molecule has 0 aromatic rings. The summed E-state index contributed by atoms with van der Waals surface area (Å²) in [6.07, 6.45) is 94.5. The van der Waals surface area contributed by atoms with Crippen LogP contribution in [0.2, 0.25) is 0 Å². The molecule has 0 aromatic heterocycles. The number of carbonyl (C=O) groups excluding carboxylic acids is 3. The second-order valence-electron chi connectivity index (χ2n) is 22.7. The Bertz CT molecular complexity index is 1620. The highest BCUT2D eigenvalue weighted by Gasteiger charge is 2.19. The lowest BCUT2D eigenvalue weighted by Gasteiger charge is -2.18. The fourth-order valence-corrected chi connectivity index (χ4v) is 9.63. The molecule has 1 atom stereocenters. The number of hydrogen-bond donors (Lipinski definition) is 0. The van der Waals surface area contributed by atoms with E-state index in [4.69, 9.17) is 14.2 Å². The van der Waals surface area contributed by atoms with Crippen molar-refractivity contribution in [2.75, 3.05) is 13.2 Å². The van der Waals surface area contributed by atoms with Crippen LogP contribution < -0.4 is 0 Å². The highest BCUT2D eigenvalue weighted by atomic mass is 16.6. The Kier molecular flexibility index (Phi) is 65.2. The normalized spacial score (nSPS) is 12.8. The third-order valence-electron chi connectivity index (χ3n) is 14.8. The molecule has 0 bridgehead atoms. The van der Waals surface area contributed by atoms with Crippen LogP contribution in [0.1, 0.15) is 329 Å². The molecule has 6 heteroatoms. The molecule has 0 aliphatic heterocycles. The molecule has 0 fully saturated rings. The van der Waals surface area contributed by atoms with Gasteiger partial charge in [0.2, 0.25) is 0 Å². The zero-order chi connectivity index (χ0) is 58.5. The van der Waals surface area contributed by atoms with Crippen molar-refractivity contribution in [1.82, 2.24) is 0 Å². The summed E-state index contributed by atoms with van der Waals surface area (Å²) in [7, 11) is 0. The van der Waals surface area contributed by atoms with Crippen LogP contribution in [-0.4, -0.2) is 37.2 Å². The van der Waals surface area contributed by atoms with E-state index in [0.717, 1.165) is 128 Å². The van der Waals surface area contributed by atoms with Crippen LogP contribution in [0.3, 0.4) is 0 Å². The first-order chi connectivity index (χ1) is 40.0. The van der Waals surface area contributed by atoms with Crippen LogP contribution in [0.15, 0.2) is 109 Å². The third kappa shape index (κ3) is 66.8.